The number of aryl methyl sites for hydroxylation is 2. The van der Waals surface area contributed by atoms with Crippen molar-refractivity contribution in [2.24, 2.45) is 13.0 Å². The van der Waals surface area contributed by atoms with Crippen molar-refractivity contribution in [2.75, 3.05) is 32.8 Å². The maximum atomic E-state index is 6.62. The van der Waals surface area contributed by atoms with E-state index in [1.165, 1.54) is 32.1 Å². The van der Waals surface area contributed by atoms with Crippen LogP contribution in [0.25, 0.3) is 11.4 Å². The van der Waals surface area contributed by atoms with Crippen molar-refractivity contribution >= 4 is 11.6 Å². The lowest BCUT2D eigenvalue weighted by molar-refractivity contribution is 0.0649. The molecule has 1 unspecified atom stereocenters. The van der Waals surface area contributed by atoms with Gasteiger partial charge in [-0.3, -0.25) is 9.58 Å². The van der Waals surface area contributed by atoms with Crippen molar-refractivity contribution < 1.29 is 9.26 Å². The molecular weight excluding hydrogens is 390 g/mol. The van der Waals surface area contributed by atoms with Gasteiger partial charge in [-0.25, -0.2) is 0 Å². The summed E-state index contributed by atoms with van der Waals surface area (Å²) in [6.07, 6.45) is 6.06. The zero-order valence-electron chi connectivity index (χ0n) is 17.5. The molecule has 2 aromatic heterocycles. The summed E-state index contributed by atoms with van der Waals surface area (Å²) >= 11 is 6.62. The van der Waals surface area contributed by atoms with Crippen LogP contribution < -0.4 is 5.32 Å². The van der Waals surface area contributed by atoms with Crippen LogP contribution in [0.1, 0.15) is 43.4 Å². The van der Waals surface area contributed by atoms with Gasteiger partial charge in [-0.1, -0.05) is 23.2 Å². The number of aromatic nitrogens is 3. The second kappa shape index (κ2) is 9.60. The number of likely N-dealkylation sites (tertiary alicyclic amines) is 1. The van der Waals surface area contributed by atoms with Gasteiger partial charge in [0.1, 0.15) is 22.3 Å². The molecule has 1 atom stereocenters. The number of halogens is 1. The molecule has 0 bridgehead atoms. The number of hydrogen-bond acceptors (Lipinski definition) is 6. The Hall–Kier alpha value is -1.41. The predicted octanol–water partition coefficient (Wildman–Crippen LogP) is 3.41. The highest BCUT2D eigenvalue weighted by Gasteiger charge is 2.25. The zero-order valence-corrected chi connectivity index (χ0v) is 18.2. The molecule has 0 aliphatic carbocycles. The van der Waals surface area contributed by atoms with E-state index in [0.29, 0.717) is 11.2 Å². The first-order chi connectivity index (χ1) is 14.1. The first-order valence-electron chi connectivity index (χ1n) is 10.8. The molecule has 2 aliphatic heterocycles. The molecule has 0 radical (unpaired) electrons. The molecule has 0 spiro atoms. The van der Waals surface area contributed by atoms with Crippen molar-refractivity contribution in [2.45, 2.75) is 51.6 Å². The van der Waals surface area contributed by atoms with Crippen LogP contribution in [-0.4, -0.2) is 58.7 Å². The number of ether oxygens (including phenoxy) is 1. The average Bonchev–Trinajstić information content (AvgIpc) is 3.18. The number of hydrogen-bond donors (Lipinski definition) is 1. The van der Waals surface area contributed by atoms with Gasteiger partial charge >= 0.3 is 0 Å². The third-order valence-corrected chi connectivity index (χ3v) is 6.59. The molecule has 7 nitrogen and oxygen atoms in total. The second-order valence-electron chi connectivity index (χ2n) is 8.46. The van der Waals surface area contributed by atoms with Crippen molar-refractivity contribution in [1.82, 2.24) is 25.2 Å². The quantitative estimate of drug-likeness (QED) is 0.770. The smallest absolute Gasteiger partial charge is 0.134 e. The van der Waals surface area contributed by atoms with E-state index in [1.54, 1.807) is 4.68 Å². The van der Waals surface area contributed by atoms with Gasteiger partial charge in [0.2, 0.25) is 0 Å². The minimum absolute atomic E-state index is 0.522. The maximum absolute atomic E-state index is 6.62. The first kappa shape index (κ1) is 20.8. The van der Waals surface area contributed by atoms with E-state index < -0.39 is 0 Å². The minimum Gasteiger partial charge on any atom is -0.381 e. The molecular formula is C21H32ClN5O2. The molecule has 2 fully saturated rings. The van der Waals surface area contributed by atoms with Crippen LogP contribution in [0.15, 0.2) is 10.6 Å². The fourth-order valence-electron chi connectivity index (χ4n) is 4.41. The topological polar surface area (TPSA) is 68.4 Å². The van der Waals surface area contributed by atoms with Crippen LogP contribution in [0.3, 0.4) is 0 Å². The molecule has 0 saturated carbocycles. The first-order valence-corrected chi connectivity index (χ1v) is 11.2. The van der Waals surface area contributed by atoms with Crippen LogP contribution in [0.2, 0.25) is 5.15 Å². The summed E-state index contributed by atoms with van der Waals surface area (Å²) in [7, 11) is 1.88. The monoisotopic (exact) mass is 421 g/mol. The average molecular weight is 422 g/mol. The summed E-state index contributed by atoms with van der Waals surface area (Å²) < 4.78 is 12.5. The molecule has 2 aliphatic rings. The Morgan fingerprint density at radius 2 is 2.07 bits per heavy atom. The van der Waals surface area contributed by atoms with Gasteiger partial charge in [0.25, 0.3) is 0 Å². The van der Waals surface area contributed by atoms with Crippen LogP contribution in [-0.2, 0) is 18.3 Å². The minimum atomic E-state index is 0.522. The Morgan fingerprint density at radius 3 is 2.83 bits per heavy atom. The summed E-state index contributed by atoms with van der Waals surface area (Å²) in [6, 6.07) is 2.44. The molecule has 8 heteroatoms. The zero-order chi connectivity index (χ0) is 20.2. The third kappa shape index (κ3) is 5.20. The second-order valence-corrected chi connectivity index (χ2v) is 8.81. The van der Waals surface area contributed by atoms with Crippen LogP contribution in [0.5, 0.6) is 0 Å². The molecule has 1 N–H and O–H groups in total. The van der Waals surface area contributed by atoms with Gasteiger partial charge in [-0.05, 0) is 51.6 Å². The number of nitrogens with zero attached hydrogens (tertiary/aromatic N) is 4. The van der Waals surface area contributed by atoms with Crippen molar-refractivity contribution in [1.29, 1.82) is 0 Å². The summed E-state index contributed by atoms with van der Waals surface area (Å²) in [5, 5.41) is 13.3. The van der Waals surface area contributed by atoms with E-state index in [0.717, 1.165) is 68.0 Å². The van der Waals surface area contributed by atoms with Crippen molar-refractivity contribution in [3.8, 4) is 11.4 Å². The molecule has 4 heterocycles. The molecule has 2 aromatic rings. The summed E-state index contributed by atoms with van der Waals surface area (Å²) in [6.45, 7) is 7.70. The van der Waals surface area contributed by atoms with Crippen molar-refractivity contribution in [3.63, 3.8) is 0 Å². The van der Waals surface area contributed by atoms with Crippen LogP contribution >= 0.6 is 11.6 Å². The SMILES string of the molecule is Cc1cc(-c2nn(C)c(Cl)c2CN2CCCCC(NCC3CCOCC3)C2)no1. The Labute approximate surface area is 177 Å². The fraction of sp³-hybridized carbons (Fsp3) is 0.714. The fourth-order valence-corrected chi connectivity index (χ4v) is 4.60. The third-order valence-electron chi connectivity index (χ3n) is 6.11. The summed E-state index contributed by atoms with van der Waals surface area (Å²) in [5.74, 6) is 1.52. The Balaban J connectivity index is 1.42. The highest BCUT2D eigenvalue weighted by molar-refractivity contribution is 6.30. The number of rotatable bonds is 6. The largest absolute Gasteiger partial charge is 0.381 e. The standard InChI is InChI=1S/C21H32ClN5O2/c1-15-11-19(25-29-15)20-18(21(22)26(2)24-20)14-27-8-4-3-5-17(13-27)23-12-16-6-9-28-10-7-16/h11,16-17,23H,3-10,12-14H2,1-2H3. The van der Waals surface area contributed by atoms with Gasteiger partial charge in [0, 0.05) is 51.0 Å². The molecule has 2 saturated heterocycles. The molecule has 4 rings (SSSR count). The lowest BCUT2D eigenvalue weighted by Gasteiger charge is -2.28. The van der Waals surface area contributed by atoms with Gasteiger partial charge in [0.05, 0.1) is 0 Å². The van der Waals surface area contributed by atoms with E-state index in [9.17, 15) is 0 Å². The Bertz CT molecular complexity index is 799. The predicted molar refractivity (Wildman–Crippen MR) is 113 cm³/mol. The normalized spacial score (nSPS) is 22.1. The van der Waals surface area contributed by atoms with E-state index in [4.69, 9.17) is 20.9 Å². The highest BCUT2D eigenvalue weighted by atomic mass is 35.5. The molecule has 29 heavy (non-hydrogen) atoms. The number of nitrogens with one attached hydrogen (secondary N) is 1. The summed E-state index contributed by atoms with van der Waals surface area (Å²) in [4.78, 5) is 2.51. The molecule has 0 aromatic carbocycles. The van der Waals surface area contributed by atoms with Gasteiger partial charge in [-0.15, -0.1) is 0 Å². The van der Waals surface area contributed by atoms with Crippen LogP contribution in [0.4, 0.5) is 0 Å². The van der Waals surface area contributed by atoms with Crippen LogP contribution in [0, 0.1) is 12.8 Å². The maximum Gasteiger partial charge on any atom is 0.134 e. The van der Waals surface area contributed by atoms with Gasteiger partial charge in [0.15, 0.2) is 0 Å². The van der Waals surface area contributed by atoms with Gasteiger partial charge < -0.3 is 14.6 Å². The lowest BCUT2D eigenvalue weighted by Crippen LogP contribution is -2.42. The van der Waals surface area contributed by atoms with E-state index >= 15 is 0 Å². The summed E-state index contributed by atoms with van der Waals surface area (Å²) in [5.41, 5.74) is 2.61. The molecule has 0 amide bonds. The van der Waals surface area contributed by atoms with Crippen molar-refractivity contribution in [3.05, 3.63) is 22.5 Å². The lowest BCUT2D eigenvalue weighted by atomic mass is 9.99. The molecule has 160 valence electrons. The Morgan fingerprint density at radius 1 is 1.24 bits per heavy atom. The Kier molecular flexibility index (Phi) is 6.90. The highest BCUT2D eigenvalue weighted by Crippen LogP contribution is 2.30. The van der Waals surface area contributed by atoms with E-state index in [1.807, 2.05) is 20.0 Å². The van der Waals surface area contributed by atoms with Gasteiger partial charge in [-0.2, -0.15) is 5.10 Å². The van der Waals surface area contributed by atoms with E-state index in [2.05, 4.69) is 20.5 Å². The van der Waals surface area contributed by atoms with E-state index in [-0.39, 0.29) is 0 Å².